The van der Waals surface area contributed by atoms with Crippen LogP contribution in [-0.2, 0) is 20.8 Å². The van der Waals surface area contributed by atoms with Crippen LogP contribution in [0.2, 0.25) is 0 Å². The standard InChI is InChI=1S/C9H11NO2.C6H14N4O2.C5H11NO2/c10-8(9(11)12)6-7-4-2-1-3-5-7;7-4(5(11)12)2-1-3-10-6(8)9;1-3(2)4(6)5(7)8/h1-5,8H,6,10H2,(H,11,12);4H,1-3,7H2,(H,11,12)(H4,8,9,10);3-4H,6H2,1-2H3,(H,7,8)/t8-;2*4-/m000/s1. The molecule has 3 atom stereocenters. The van der Waals surface area contributed by atoms with E-state index in [1.165, 1.54) is 0 Å². The quantitative estimate of drug-likeness (QED) is 0.122. The van der Waals surface area contributed by atoms with Crippen molar-refractivity contribution in [1.82, 2.24) is 0 Å². The summed E-state index contributed by atoms with van der Waals surface area (Å²) >= 11 is 0. The third-order valence-corrected chi connectivity index (χ3v) is 3.90. The summed E-state index contributed by atoms with van der Waals surface area (Å²) in [5.41, 5.74) is 26.8. The maximum absolute atomic E-state index is 10.4. The third kappa shape index (κ3) is 17.6. The van der Waals surface area contributed by atoms with Gasteiger partial charge in [0, 0.05) is 6.54 Å². The van der Waals surface area contributed by atoms with Crippen molar-refractivity contribution >= 4 is 23.9 Å². The summed E-state index contributed by atoms with van der Waals surface area (Å²) in [6, 6.07) is 7.01. The molecule has 0 aliphatic heterocycles. The average Bonchev–Trinajstić information content (AvgIpc) is 2.71. The second kappa shape index (κ2) is 17.5. The maximum Gasteiger partial charge on any atom is 0.320 e. The number of carboxylic acid groups (broad SMARTS) is 3. The normalized spacial score (nSPS) is 12.7. The van der Waals surface area contributed by atoms with Gasteiger partial charge in [-0.25, -0.2) is 0 Å². The lowest BCUT2D eigenvalue weighted by atomic mass is 10.1. The summed E-state index contributed by atoms with van der Waals surface area (Å²) in [6.45, 7) is 3.97. The third-order valence-electron chi connectivity index (χ3n) is 3.90. The van der Waals surface area contributed by atoms with Gasteiger partial charge >= 0.3 is 17.9 Å². The van der Waals surface area contributed by atoms with E-state index in [0.29, 0.717) is 25.8 Å². The lowest BCUT2D eigenvalue weighted by Gasteiger charge is -2.07. The van der Waals surface area contributed by atoms with Crippen LogP contribution in [0.3, 0.4) is 0 Å². The summed E-state index contributed by atoms with van der Waals surface area (Å²) in [5, 5.41) is 25.1. The van der Waals surface area contributed by atoms with Gasteiger partial charge in [-0.1, -0.05) is 44.2 Å². The van der Waals surface area contributed by atoms with Crippen LogP contribution in [0, 0.1) is 5.92 Å². The van der Waals surface area contributed by atoms with Gasteiger partial charge in [0.15, 0.2) is 5.96 Å². The Labute approximate surface area is 187 Å². The molecule has 13 N–H and O–H groups in total. The van der Waals surface area contributed by atoms with Crippen LogP contribution in [0.4, 0.5) is 0 Å². The number of nitrogens with zero attached hydrogens (tertiary/aromatic N) is 1. The monoisotopic (exact) mass is 456 g/mol. The molecule has 32 heavy (non-hydrogen) atoms. The summed E-state index contributed by atoms with van der Waals surface area (Å²) < 4.78 is 0. The molecule has 0 heterocycles. The molecule has 0 saturated carbocycles. The minimum Gasteiger partial charge on any atom is -0.480 e. The van der Waals surface area contributed by atoms with Crippen molar-refractivity contribution in [3.63, 3.8) is 0 Å². The molecule has 0 unspecified atom stereocenters. The number of carbonyl (C=O) groups is 3. The van der Waals surface area contributed by atoms with Crippen LogP contribution < -0.4 is 28.7 Å². The van der Waals surface area contributed by atoms with Crippen LogP contribution in [0.5, 0.6) is 0 Å². The Morgan fingerprint density at radius 2 is 1.38 bits per heavy atom. The number of benzene rings is 1. The number of hydrogen-bond acceptors (Lipinski definition) is 7. The van der Waals surface area contributed by atoms with Crippen LogP contribution in [0.15, 0.2) is 35.3 Å². The molecule has 0 amide bonds. The van der Waals surface area contributed by atoms with Gasteiger partial charge in [-0.15, -0.1) is 0 Å². The van der Waals surface area contributed by atoms with Crippen molar-refractivity contribution in [2.75, 3.05) is 6.54 Å². The Bertz CT molecular complexity index is 710. The Kier molecular flexibility index (Phi) is 16.9. The van der Waals surface area contributed by atoms with Crippen LogP contribution in [0.1, 0.15) is 32.3 Å². The van der Waals surface area contributed by atoms with Crippen molar-refractivity contribution in [3.05, 3.63) is 35.9 Å². The Morgan fingerprint density at radius 3 is 1.72 bits per heavy atom. The van der Waals surface area contributed by atoms with Gasteiger partial charge in [0.25, 0.3) is 0 Å². The predicted octanol–water partition coefficient (Wildman–Crippen LogP) is -0.853. The van der Waals surface area contributed by atoms with Crippen LogP contribution in [-0.4, -0.2) is 63.9 Å². The van der Waals surface area contributed by atoms with Crippen molar-refractivity contribution in [2.45, 2.75) is 51.2 Å². The second-order valence-electron chi connectivity index (χ2n) is 7.14. The number of nitrogens with two attached hydrogens (primary N) is 5. The fraction of sp³-hybridized carbons (Fsp3) is 0.500. The summed E-state index contributed by atoms with van der Waals surface area (Å²) in [5.74, 6) is -2.86. The predicted molar refractivity (Wildman–Crippen MR) is 122 cm³/mol. The first-order chi connectivity index (χ1) is 14.8. The molecule has 0 aliphatic carbocycles. The zero-order chi connectivity index (χ0) is 25.3. The Hall–Kier alpha value is -3.22. The Morgan fingerprint density at radius 1 is 0.875 bits per heavy atom. The molecule has 0 fully saturated rings. The molecule has 12 nitrogen and oxygen atoms in total. The number of guanidine groups is 1. The maximum atomic E-state index is 10.4. The SMILES string of the molecule is CC(C)[C@H](N)C(=O)O.NC(N)=NCCC[C@H](N)C(=O)O.N[C@@H](Cc1ccccc1)C(=O)O. The molecule has 1 rings (SSSR count). The molecule has 0 radical (unpaired) electrons. The van der Waals surface area contributed by atoms with Crippen molar-refractivity contribution in [1.29, 1.82) is 0 Å². The lowest BCUT2D eigenvalue weighted by molar-refractivity contribution is -0.140. The van der Waals surface area contributed by atoms with Gasteiger partial charge in [-0.3, -0.25) is 19.4 Å². The van der Waals surface area contributed by atoms with Gasteiger partial charge in [-0.05, 0) is 30.7 Å². The van der Waals surface area contributed by atoms with E-state index in [-0.39, 0.29) is 11.9 Å². The van der Waals surface area contributed by atoms with E-state index < -0.39 is 36.0 Å². The van der Waals surface area contributed by atoms with Crippen molar-refractivity contribution in [3.8, 4) is 0 Å². The van der Waals surface area contributed by atoms with E-state index in [1.54, 1.807) is 13.8 Å². The topological polar surface area (TPSA) is 254 Å². The van der Waals surface area contributed by atoms with Crippen molar-refractivity contribution in [2.24, 2.45) is 39.6 Å². The summed E-state index contributed by atoms with van der Waals surface area (Å²) in [7, 11) is 0. The summed E-state index contributed by atoms with van der Waals surface area (Å²) in [4.78, 5) is 34.3. The fourth-order valence-corrected chi connectivity index (χ4v) is 1.88. The largest absolute Gasteiger partial charge is 0.480 e. The van der Waals surface area contributed by atoms with Gasteiger partial charge in [0.1, 0.15) is 18.1 Å². The zero-order valence-electron chi connectivity index (χ0n) is 18.4. The molecular formula is C20H36N6O6. The molecule has 12 heteroatoms. The van der Waals surface area contributed by atoms with E-state index in [2.05, 4.69) is 4.99 Å². The van der Waals surface area contributed by atoms with E-state index in [0.717, 1.165) is 5.56 Å². The Balaban J connectivity index is 0. The first-order valence-electron chi connectivity index (χ1n) is 9.84. The first kappa shape index (κ1) is 31.0. The van der Waals surface area contributed by atoms with Crippen LogP contribution >= 0.6 is 0 Å². The molecular weight excluding hydrogens is 420 g/mol. The molecule has 0 saturated heterocycles. The molecule has 1 aromatic carbocycles. The number of aliphatic imine (C=N–C) groups is 1. The number of aliphatic carboxylic acids is 3. The molecule has 0 aromatic heterocycles. The smallest absolute Gasteiger partial charge is 0.320 e. The minimum absolute atomic E-state index is 0.0129. The minimum atomic E-state index is -1.00. The number of carboxylic acids is 3. The molecule has 1 aromatic rings. The number of rotatable bonds is 10. The van der Waals surface area contributed by atoms with Crippen LogP contribution in [0.25, 0.3) is 0 Å². The van der Waals surface area contributed by atoms with Gasteiger partial charge < -0.3 is 44.0 Å². The molecule has 0 bridgehead atoms. The van der Waals surface area contributed by atoms with Crippen molar-refractivity contribution < 1.29 is 29.7 Å². The molecule has 182 valence electrons. The van der Waals surface area contributed by atoms with E-state index >= 15 is 0 Å². The zero-order valence-corrected chi connectivity index (χ0v) is 18.4. The van der Waals surface area contributed by atoms with E-state index in [9.17, 15) is 14.4 Å². The highest BCUT2D eigenvalue weighted by Gasteiger charge is 2.14. The summed E-state index contributed by atoms with van der Waals surface area (Å²) in [6.07, 6.45) is 1.34. The van der Waals surface area contributed by atoms with Gasteiger partial charge in [0.2, 0.25) is 0 Å². The second-order valence-corrected chi connectivity index (χ2v) is 7.14. The van der Waals surface area contributed by atoms with E-state index in [4.69, 9.17) is 44.0 Å². The fourth-order valence-electron chi connectivity index (χ4n) is 1.88. The highest BCUT2D eigenvalue weighted by Crippen LogP contribution is 2.01. The highest BCUT2D eigenvalue weighted by molar-refractivity contribution is 5.75. The van der Waals surface area contributed by atoms with Gasteiger partial charge in [-0.2, -0.15) is 0 Å². The first-order valence-corrected chi connectivity index (χ1v) is 9.84. The average molecular weight is 457 g/mol. The van der Waals surface area contributed by atoms with Gasteiger partial charge in [0.05, 0.1) is 0 Å². The molecule has 0 aliphatic rings. The highest BCUT2D eigenvalue weighted by atomic mass is 16.4. The lowest BCUT2D eigenvalue weighted by Crippen LogP contribution is -2.34. The number of hydrogen-bond donors (Lipinski definition) is 8. The molecule has 0 spiro atoms. The van der Waals surface area contributed by atoms with E-state index in [1.807, 2.05) is 30.3 Å².